The summed E-state index contributed by atoms with van der Waals surface area (Å²) in [6.07, 6.45) is 4.44. The lowest BCUT2D eigenvalue weighted by Gasteiger charge is -2.25. The fourth-order valence-electron chi connectivity index (χ4n) is 2.10. The van der Waals surface area contributed by atoms with Gasteiger partial charge in [-0.25, -0.2) is 0 Å². The van der Waals surface area contributed by atoms with E-state index in [0.29, 0.717) is 12.0 Å². The summed E-state index contributed by atoms with van der Waals surface area (Å²) in [5, 5.41) is 13.3. The average molecular weight is 171 g/mol. The van der Waals surface area contributed by atoms with Gasteiger partial charge in [-0.3, -0.25) is 0 Å². The molecule has 0 bridgehead atoms. The number of aliphatic hydroxyl groups excluding tert-OH is 1. The number of aliphatic hydroxyl groups is 1. The fourth-order valence-corrected chi connectivity index (χ4v) is 2.10. The molecule has 72 valence electrons. The fraction of sp³-hybridized carbons (Fsp3) is 1.00. The highest BCUT2D eigenvalue weighted by atomic mass is 16.3. The molecule has 12 heavy (non-hydrogen) atoms. The van der Waals surface area contributed by atoms with Gasteiger partial charge in [0.2, 0.25) is 0 Å². The van der Waals surface area contributed by atoms with Crippen LogP contribution in [-0.4, -0.2) is 23.8 Å². The number of hydrogen-bond donors (Lipinski definition) is 2. The summed E-state index contributed by atoms with van der Waals surface area (Å²) in [7, 11) is 0. The molecular weight excluding hydrogens is 150 g/mol. The maximum absolute atomic E-state index is 9.95. The molecule has 0 radical (unpaired) electrons. The number of nitrogens with one attached hydrogen (secondary N) is 1. The standard InChI is InChI=1S/C10H21NO/c1-3-8(4-2)10(12)9-6-5-7-11-9/h8-12H,3-7H2,1-2H3. The smallest absolute Gasteiger partial charge is 0.0721 e. The predicted octanol–water partition coefficient (Wildman–Crippen LogP) is 1.54. The van der Waals surface area contributed by atoms with Crippen LogP contribution in [0.5, 0.6) is 0 Å². The first-order valence-electron chi connectivity index (χ1n) is 5.21. The van der Waals surface area contributed by atoms with E-state index in [0.717, 1.165) is 25.8 Å². The van der Waals surface area contributed by atoms with Crippen molar-refractivity contribution in [1.29, 1.82) is 0 Å². The summed E-state index contributed by atoms with van der Waals surface area (Å²) in [6, 6.07) is 0.370. The second kappa shape index (κ2) is 4.83. The van der Waals surface area contributed by atoms with Gasteiger partial charge in [0.15, 0.2) is 0 Å². The van der Waals surface area contributed by atoms with E-state index in [9.17, 15) is 5.11 Å². The van der Waals surface area contributed by atoms with Crippen LogP contribution in [0.1, 0.15) is 39.5 Å². The summed E-state index contributed by atoms with van der Waals surface area (Å²) >= 11 is 0. The van der Waals surface area contributed by atoms with Gasteiger partial charge in [0.25, 0.3) is 0 Å². The Morgan fingerprint density at radius 3 is 2.50 bits per heavy atom. The van der Waals surface area contributed by atoms with Gasteiger partial charge >= 0.3 is 0 Å². The SMILES string of the molecule is CCC(CC)C(O)C1CCCN1. The summed E-state index contributed by atoms with van der Waals surface area (Å²) < 4.78 is 0. The van der Waals surface area contributed by atoms with Crippen LogP contribution in [0.25, 0.3) is 0 Å². The third-order valence-electron chi connectivity index (χ3n) is 3.04. The van der Waals surface area contributed by atoms with Gasteiger partial charge in [-0.05, 0) is 25.3 Å². The lowest BCUT2D eigenvalue weighted by Crippen LogP contribution is -2.39. The van der Waals surface area contributed by atoms with Crippen LogP contribution < -0.4 is 5.32 Å². The maximum Gasteiger partial charge on any atom is 0.0721 e. The van der Waals surface area contributed by atoms with E-state index in [1.807, 2.05) is 0 Å². The third kappa shape index (κ3) is 2.20. The molecule has 0 spiro atoms. The molecule has 0 aromatic rings. The molecule has 0 aromatic carbocycles. The topological polar surface area (TPSA) is 32.3 Å². The Hall–Kier alpha value is -0.0800. The number of rotatable bonds is 4. The first-order chi connectivity index (χ1) is 5.79. The van der Waals surface area contributed by atoms with E-state index in [1.54, 1.807) is 0 Å². The van der Waals surface area contributed by atoms with Crippen LogP contribution in [0.4, 0.5) is 0 Å². The van der Waals surface area contributed by atoms with Crippen LogP contribution >= 0.6 is 0 Å². The van der Waals surface area contributed by atoms with E-state index >= 15 is 0 Å². The lowest BCUT2D eigenvalue weighted by molar-refractivity contribution is 0.0708. The Morgan fingerprint density at radius 2 is 2.08 bits per heavy atom. The molecule has 1 saturated heterocycles. The maximum atomic E-state index is 9.95. The first kappa shape index (κ1) is 10.0. The molecule has 0 aromatic heterocycles. The summed E-state index contributed by atoms with van der Waals surface area (Å²) in [6.45, 7) is 5.40. The van der Waals surface area contributed by atoms with Gasteiger partial charge in [-0.15, -0.1) is 0 Å². The van der Waals surface area contributed by atoms with Gasteiger partial charge in [0, 0.05) is 6.04 Å². The van der Waals surface area contributed by atoms with Crippen LogP contribution in [0.3, 0.4) is 0 Å². The van der Waals surface area contributed by atoms with E-state index < -0.39 is 0 Å². The van der Waals surface area contributed by atoms with Crippen molar-refractivity contribution < 1.29 is 5.11 Å². The monoisotopic (exact) mass is 171 g/mol. The Kier molecular flexibility index (Phi) is 4.02. The van der Waals surface area contributed by atoms with Crippen molar-refractivity contribution in [2.45, 2.75) is 51.7 Å². The zero-order valence-electron chi connectivity index (χ0n) is 8.21. The predicted molar refractivity (Wildman–Crippen MR) is 51.1 cm³/mol. The quantitative estimate of drug-likeness (QED) is 0.672. The van der Waals surface area contributed by atoms with Crippen LogP contribution in [0.15, 0.2) is 0 Å². The molecule has 2 N–H and O–H groups in total. The molecule has 0 amide bonds. The largest absolute Gasteiger partial charge is 0.391 e. The molecule has 2 heteroatoms. The van der Waals surface area contributed by atoms with E-state index in [1.165, 1.54) is 6.42 Å². The third-order valence-corrected chi connectivity index (χ3v) is 3.04. The summed E-state index contributed by atoms with van der Waals surface area (Å²) in [5.74, 6) is 0.487. The number of hydrogen-bond acceptors (Lipinski definition) is 2. The van der Waals surface area contributed by atoms with Gasteiger partial charge in [-0.1, -0.05) is 26.7 Å². The molecule has 1 fully saturated rings. The molecule has 2 nitrogen and oxygen atoms in total. The van der Waals surface area contributed by atoms with Crippen LogP contribution in [0.2, 0.25) is 0 Å². The van der Waals surface area contributed by atoms with E-state index in [-0.39, 0.29) is 6.10 Å². The zero-order valence-corrected chi connectivity index (χ0v) is 8.21. The van der Waals surface area contributed by atoms with Crippen molar-refractivity contribution in [3.63, 3.8) is 0 Å². The minimum absolute atomic E-state index is 0.123. The highest BCUT2D eigenvalue weighted by Crippen LogP contribution is 2.20. The van der Waals surface area contributed by atoms with Gasteiger partial charge < -0.3 is 10.4 Å². The highest BCUT2D eigenvalue weighted by Gasteiger charge is 2.27. The Bertz CT molecular complexity index is 115. The lowest BCUT2D eigenvalue weighted by atomic mass is 9.91. The van der Waals surface area contributed by atoms with Crippen molar-refractivity contribution in [1.82, 2.24) is 5.32 Å². The average Bonchev–Trinajstić information content (AvgIpc) is 2.58. The molecule has 1 aliphatic rings. The molecule has 1 rings (SSSR count). The van der Waals surface area contributed by atoms with Crippen LogP contribution in [-0.2, 0) is 0 Å². The molecule has 1 aliphatic heterocycles. The Balaban J connectivity index is 2.37. The second-order valence-corrected chi connectivity index (χ2v) is 3.77. The molecule has 1 heterocycles. The summed E-state index contributed by atoms with van der Waals surface area (Å²) in [5.41, 5.74) is 0. The van der Waals surface area contributed by atoms with Crippen LogP contribution in [0, 0.1) is 5.92 Å². The first-order valence-corrected chi connectivity index (χ1v) is 5.21. The highest BCUT2D eigenvalue weighted by molar-refractivity contribution is 4.84. The molecule has 2 atom stereocenters. The normalized spacial score (nSPS) is 26.5. The molecular formula is C10H21NO. The zero-order chi connectivity index (χ0) is 8.97. The Labute approximate surface area is 75.4 Å². The van der Waals surface area contributed by atoms with E-state index in [2.05, 4.69) is 19.2 Å². The summed E-state index contributed by atoms with van der Waals surface area (Å²) in [4.78, 5) is 0. The molecule has 0 saturated carbocycles. The van der Waals surface area contributed by atoms with Gasteiger partial charge in [-0.2, -0.15) is 0 Å². The minimum atomic E-state index is -0.123. The second-order valence-electron chi connectivity index (χ2n) is 3.77. The van der Waals surface area contributed by atoms with Gasteiger partial charge in [0.1, 0.15) is 0 Å². The molecule has 0 aliphatic carbocycles. The van der Waals surface area contributed by atoms with Gasteiger partial charge in [0.05, 0.1) is 6.10 Å². The van der Waals surface area contributed by atoms with Crippen molar-refractivity contribution in [2.75, 3.05) is 6.54 Å². The van der Waals surface area contributed by atoms with Crippen molar-refractivity contribution in [3.05, 3.63) is 0 Å². The van der Waals surface area contributed by atoms with E-state index in [4.69, 9.17) is 0 Å². The van der Waals surface area contributed by atoms with Crippen molar-refractivity contribution >= 4 is 0 Å². The minimum Gasteiger partial charge on any atom is -0.391 e. The van der Waals surface area contributed by atoms with Crippen molar-refractivity contribution in [2.24, 2.45) is 5.92 Å². The molecule has 2 unspecified atom stereocenters. The van der Waals surface area contributed by atoms with Crippen molar-refractivity contribution in [3.8, 4) is 0 Å². The Morgan fingerprint density at radius 1 is 1.42 bits per heavy atom.